The molecule has 0 spiro atoms. The van der Waals surface area contributed by atoms with Crippen LogP contribution in [-0.2, 0) is 20.1 Å². The van der Waals surface area contributed by atoms with Crippen molar-refractivity contribution >= 4 is 35.5 Å². The summed E-state index contributed by atoms with van der Waals surface area (Å²) in [4.78, 5) is 20.7. The first kappa shape index (κ1) is 32.4. The van der Waals surface area contributed by atoms with Crippen LogP contribution in [0.25, 0.3) is 11.1 Å². The minimum absolute atomic E-state index is 0.178. The number of carbonyl (C=O) groups is 2. The van der Waals surface area contributed by atoms with Gasteiger partial charge in [-0.25, -0.2) is 9.59 Å². The van der Waals surface area contributed by atoms with Crippen molar-refractivity contribution in [1.82, 2.24) is 4.90 Å². The van der Waals surface area contributed by atoms with E-state index in [1.165, 1.54) is 53.0 Å². The fourth-order valence-corrected chi connectivity index (χ4v) is 8.06. The van der Waals surface area contributed by atoms with Crippen molar-refractivity contribution in [1.29, 1.82) is 0 Å². The van der Waals surface area contributed by atoms with Crippen LogP contribution in [0.15, 0.2) is 72.8 Å². The molecule has 0 aliphatic carbocycles. The minimum Gasteiger partial charge on any atom is -0.493 e. The Bertz CT molecular complexity index is 1230. The number of rotatable bonds is 11. The summed E-state index contributed by atoms with van der Waals surface area (Å²) >= 11 is 4.31. The number of aliphatic carboxylic acids is 2. The van der Waals surface area contributed by atoms with Gasteiger partial charge in [0.05, 0.1) is 18.3 Å². The van der Waals surface area contributed by atoms with E-state index in [-0.39, 0.29) is 4.08 Å². The molecule has 1 fully saturated rings. The molecule has 4 rings (SSSR count). The Kier molecular flexibility index (Phi) is 12.9. The fourth-order valence-electron chi connectivity index (χ4n) is 4.63. The second-order valence-electron chi connectivity index (χ2n) is 9.70. The van der Waals surface area contributed by atoms with Crippen LogP contribution in [0.2, 0.25) is 0 Å². The van der Waals surface area contributed by atoms with Gasteiger partial charge in [-0.2, -0.15) is 0 Å². The van der Waals surface area contributed by atoms with Crippen LogP contribution in [0.3, 0.4) is 0 Å². The van der Waals surface area contributed by atoms with Crippen LogP contribution in [-0.4, -0.2) is 72.9 Å². The molecule has 1 aliphatic heterocycles. The predicted molar refractivity (Wildman–Crippen MR) is 168 cm³/mol. The Morgan fingerprint density at radius 3 is 2.02 bits per heavy atom. The van der Waals surface area contributed by atoms with Crippen LogP contribution in [0.4, 0.5) is 0 Å². The number of carboxylic acid groups (broad SMARTS) is 2. The average molecular weight is 598 g/mol. The fraction of sp³-hybridized carbons (Fsp3) is 0.375. The van der Waals surface area contributed by atoms with Crippen LogP contribution in [0.1, 0.15) is 30.4 Å². The summed E-state index contributed by atoms with van der Waals surface area (Å²) in [7, 11) is 5.61. The lowest BCUT2D eigenvalue weighted by Crippen LogP contribution is -2.27. The first-order valence-corrected chi connectivity index (χ1v) is 15.5. The predicted octanol–water partition coefficient (Wildman–Crippen LogP) is 6.50. The van der Waals surface area contributed by atoms with Gasteiger partial charge in [-0.15, -0.1) is 23.5 Å². The number of nitrogens with zero attached hydrogens (tertiary/aromatic N) is 1. The standard InChI is InChI=1S/C30H37NO2S2.C2H2O4/c1-31(20-17-24-11-16-28(32-2)29(23-24)33-3)19-7-18-30(34-21-8-22-35-30)27-14-12-26(13-15-27)25-9-5-4-6-10-25;3-1(4)2(5)6/h4-6,9-16,23H,7-8,17-22H2,1-3H3;(H,3,4)(H,5,6). The molecule has 2 N–H and O–H groups in total. The highest BCUT2D eigenvalue weighted by molar-refractivity contribution is 8.18. The number of methoxy groups -OCH3 is 2. The van der Waals surface area contributed by atoms with Gasteiger partial charge in [0, 0.05) is 6.54 Å². The largest absolute Gasteiger partial charge is 0.493 e. The van der Waals surface area contributed by atoms with Crippen molar-refractivity contribution in [3.05, 3.63) is 83.9 Å². The summed E-state index contributed by atoms with van der Waals surface area (Å²) in [6.07, 6.45) is 4.72. The Hall–Kier alpha value is -3.14. The molecule has 220 valence electrons. The van der Waals surface area contributed by atoms with E-state index >= 15 is 0 Å². The molecule has 1 saturated heterocycles. The number of hydrogen-bond acceptors (Lipinski definition) is 7. The lowest BCUT2D eigenvalue weighted by atomic mass is 10.0. The van der Waals surface area contributed by atoms with Gasteiger partial charge >= 0.3 is 11.9 Å². The lowest BCUT2D eigenvalue weighted by molar-refractivity contribution is -0.159. The molecule has 1 heterocycles. The topological polar surface area (TPSA) is 96.3 Å². The molecule has 0 bridgehead atoms. The summed E-state index contributed by atoms with van der Waals surface area (Å²) in [6, 6.07) is 26.2. The summed E-state index contributed by atoms with van der Waals surface area (Å²) in [5.41, 5.74) is 5.33. The van der Waals surface area contributed by atoms with Gasteiger partial charge < -0.3 is 24.6 Å². The van der Waals surface area contributed by atoms with E-state index in [1.54, 1.807) is 14.2 Å². The molecule has 0 radical (unpaired) electrons. The zero-order chi connectivity index (χ0) is 29.7. The zero-order valence-corrected chi connectivity index (χ0v) is 25.5. The minimum atomic E-state index is -1.82. The van der Waals surface area contributed by atoms with E-state index in [9.17, 15) is 0 Å². The molecule has 0 saturated carbocycles. The van der Waals surface area contributed by atoms with Crippen molar-refractivity contribution in [3.63, 3.8) is 0 Å². The van der Waals surface area contributed by atoms with Gasteiger partial charge in [0.25, 0.3) is 0 Å². The van der Waals surface area contributed by atoms with E-state index in [4.69, 9.17) is 29.3 Å². The third-order valence-corrected chi connectivity index (χ3v) is 10.4. The summed E-state index contributed by atoms with van der Waals surface area (Å²) < 4.78 is 11.0. The molecule has 1 aliphatic rings. The van der Waals surface area contributed by atoms with E-state index in [1.807, 2.05) is 6.07 Å². The molecule has 3 aromatic rings. The third kappa shape index (κ3) is 9.73. The molecule has 0 amide bonds. The van der Waals surface area contributed by atoms with Crippen LogP contribution in [0, 0.1) is 0 Å². The summed E-state index contributed by atoms with van der Waals surface area (Å²) in [5.74, 6) is 0.448. The quantitative estimate of drug-likeness (QED) is 0.240. The SMILES string of the molecule is COc1ccc(CCN(C)CCCC2(c3ccc(-c4ccccc4)cc3)SCCCS2)cc1OC.O=C(O)C(=O)O. The summed E-state index contributed by atoms with van der Waals surface area (Å²) in [6.45, 7) is 2.15. The zero-order valence-electron chi connectivity index (χ0n) is 23.9. The van der Waals surface area contributed by atoms with Gasteiger partial charge in [-0.3, -0.25) is 0 Å². The van der Waals surface area contributed by atoms with Gasteiger partial charge in [-0.05, 0) is 85.2 Å². The maximum atomic E-state index is 9.10. The normalized spacial score (nSPS) is 14.0. The second kappa shape index (κ2) is 16.3. The van der Waals surface area contributed by atoms with E-state index in [2.05, 4.69) is 102 Å². The van der Waals surface area contributed by atoms with Gasteiger partial charge in [-0.1, -0.05) is 60.7 Å². The molecular weight excluding hydrogens is 558 g/mol. The van der Waals surface area contributed by atoms with Gasteiger partial charge in [0.15, 0.2) is 11.5 Å². The number of likely N-dealkylation sites (N-methyl/N-ethyl adjacent to an activating group) is 1. The molecule has 9 heteroatoms. The van der Waals surface area contributed by atoms with Crippen molar-refractivity contribution < 1.29 is 29.3 Å². The van der Waals surface area contributed by atoms with Gasteiger partial charge in [0.2, 0.25) is 0 Å². The Morgan fingerprint density at radius 1 is 0.829 bits per heavy atom. The molecular formula is C32H39NO6S2. The number of carboxylic acids is 2. The maximum absolute atomic E-state index is 9.10. The van der Waals surface area contributed by atoms with Crippen molar-refractivity contribution in [2.45, 2.75) is 29.8 Å². The molecule has 7 nitrogen and oxygen atoms in total. The van der Waals surface area contributed by atoms with Crippen LogP contribution < -0.4 is 9.47 Å². The average Bonchev–Trinajstić information content (AvgIpc) is 3.01. The molecule has 0 atom stereocenters. The monoisotopic (exact) mass is 597 g/mol. The highest BCUT2D eigenvalue weighted by Gasteiger charge is 2.35. The maximum Gasteiger partial charge on any atom is 0.414 e. The highest BCUT2D eigenvalue weighted by atomic mass is 32.2. The highest BCUT2D eigenvalue weighted by Crippen LogP contribution is 2.53. The number of thioether (sulfide) groups is 2. The van der Waals surface area contributed by atoms with Gasteiger partial charge in [0.1, 0.15) is 0 Å². The van der Waals surface area contributed by atoms with Crippen LogP contribution in [0.5, 0.6) is 11.5 Å². The number of ether oxygens (including phenoxy) is 2. The van der Waals surface area contributed by atoms with Crippen LogP contribution >= 0.6 is 23.5 Å². The third-order valence-electron chi connectivity index (χ3n) is 6.85. The van der Waals surface area contributed by atoms with E-state index in [0.717, 1.165) is 31.0 Å². The molecule has 41 heavy (non-hydrogen) atoms. The van der Waals surface area contributed by atoms with Crippen molar-refractivity contribution in [2.24, 2.45) is 0 Å². The molecule has 3 aromatic carbocycles. The van der Waals surface area contributed by atoms with Crippen molar-refractivity contribution in [2.75, 3.05) is 45.9 Å². The first-order chi connectivity index (χ1) is 19.8. The first-order valence-electron chi connectivity index (χ1n) is 13.6. The second-order valence-corrected chi connectivity index (χ2v) is 12.7. The number of benzene rings is 3. The Morgan fingerprint density at radius 2 is 1.44 bits per heavy atom. The van der Waals surface area contributed by atoms with E-state index in [0.29, 0.717) is 0 Å². The Labute approximate surface area is 251 Å². The van der Waals surface area contributed by atoms with E-state index < -0.39 is 11.9 Å². The Balaban J connectivity index is 0.000000696. The molecule has 0 aromatic heterocycles. The smallest absolute Gasteiger partial charge is 0.414 e. The number of hydrogen-bond donors (Lipinski definition) is 2. The van der Waals surface area contributed by atoms with Crippen molar-refractivity contribution in [3.8, 4) is 22.6 Å². The lowest BCUT2D eigenvalue weighted by Gasteiger charge is -2.37. The molecule has 0 unspecified atom stereocenters. The summed E-state index contributed by atoms with van der Waals surface area (Å²) in [5, 5.41) is 14.8.